The van der Waals surface area contributed by atoms with E-state index in [0.717, 1.165) is 75.8 Å². The van der Waals surface area contributed by atoms with Crippen LogP contribution < -0.4 is 10.1 Å². The van der Waals surface area contributed by atoms with Crippen LogP contribution in [0.2, 0.25) is 5.02 Å². The van der Waals surface area contributed by atoms with Crippen LogP contribution in [0, 0.1) is 37.0 Å². The largest absolute Gasteiger partial charge is 0.492 e. The van der Waals surface area contributed by atoms with E-state index in [0.29, 0.717) is 32.0 Å². The van der Waals surface area contributed by atoms with Crippen LogP contribution in [0.1, 0.15) is 55.5 Å². The van der Waals surface area contributed by atoms with Crippen LogP contribution in [-0.4, -0.2) is 28.6 Å². The van der Waals surface area contributed by atoms with Crippen LogP contribution in [0.3, 0.4) is 0 Å². The summed E-state index contributed by atoms with van der Waals surface area (Å²) in [6.45, 7) is 5.86. The number of carbonyl (C=O) groups excluding carboxylic acids is 1. The molecule has 1 amide bonds. The van der Waals surface area contributed by atoms with Crippen molar-refractivity contribution in [1.29, 1.82) is 0 Å². The molecule has 0 atom stereocenters. The van der Waals surface area contributed by atoms with Gasteiger partial charge in [-0.3, -0.25) is 4.79 Å². The number of rotatable bonds is 8. The highest BCUT2D eigenvalue weighted by Crippen LogP contribution is 2.60. The first-order valence-corrected chi connectivity index (χ1v) is 13.9. The molecule has 36 heavy (non-hydrogen) atoms. The third-order valence-corrected chi connectivity index (χ3v) is 9.48. The van der Waals surface area contributed by atoms with Gasteiger partial charge >= 0.3 is 0 Å². The number of aryl methyl sites for hydroxylation is 2. The number of hydrogen-bond acceptors (Lipinski definition) is 3. The maximum Gasteiger partial charge on any atom is 0.226 e. The number of ether oxygens (including phenoxy) is 1. The molecule has 0 saturated heterocycles. The molecular weight excluding hydrogens is 470 g/mol. The van der Waals surface area contributed by atoms with Gasteiger partial charge in [0.05, 0.1) is 17.6 Å². The molecule has 4 aliphatic carbocycles. The highest BCUT2D eigenvalue weighted by Gasteiger charge is 2.54. The van der Waals surface area contributed by atoms with Crippen molar-refractivity contribution in [2.75, 3.05) is 13.2 Å². The second-order valence-electron chi connectivity index (χ2n) is 11.6. The van der Waals surface area contributed by atoms with Gasteiger partial charge in [-0.1, -0.05) is 23.7 Å². The number of carbonyl (C=O) groups is 1. The van der Waals surface area contributed by atoms with Crippen LogP contribution >= 0.6 is 11.6 Å². The fourth-order valence-corrected chi connectivity index (χ4v) is 7.78. The van der Waals surface area contributed by atoms with E-state index < -0.39 is 0 Å². The highest BCUT2D eigenvalue weighted by atomic mass is 35.5. The lowest BCUT2D eigenvalue weighted by Crippen LogP contribution is -2.53. The Balaban J connectivity index is 1.12. The van der Waals surface area contributed by atoms with Gasteiger partial charge in [0, 0.05) is 23.4 Å². The second kappa shape index (κ2) is 9.41. The SMILES string of the molecule is Cc1cc(OCCn2c(CCNC(=O)C34CC5CC(CC(C5)C3)C4)nc3ccccc32)cc(C)c1Cl. The first kappa shape index (κ1) is 23.8. The number of amides is 1. The number of nitrogens with one attached hydrogen (secondary N) is 1. The van der Waals surface area contributed by atoms with Crippen molar-refractivity contribution in [3.63, 3.8) is 0 Å². The van der Waals surface area contributed by atoms with E-state index in [1.165, 1.54) is 19.3 Å². The monoisotopic (exact) mass is 505 g/mol. The van der Waals surface area contributed by atoms with E-state index in [1.807, 2.05) is 38.1 Å². The third kappa shape index (κ3) is 4.40. The molecule has 4 aliphatic rings. The molecular formula is C30H36ClN3O2. The first-order chi connectivity index (χ1) is 17.4. The molecule has 4 bridgehead atoms. The van der Waals surface area contributed by atoms with Gasteiger partial charge in [-0.25, -0.2) is 4.98 Å². The van der Waals surface area contributed by atoms with Crippen LogP contribution in [0.5, 0.6) is 5.75 Å². The van der Waals surface area contributed by atoms with E-state index in [1.54, 1.807) is 0 Å². The van der Waals surface area contributed by atoms with E-state index >= 15 is 0 Å². The summed E-state index contributed by atoms with van der Waals surface area (Å²) in [4.78, 5) is 18.3. The zero-order chi connectivity index (χ0) is 24.9. The summed E-state index contributed by atoms with van der Waals surface area (Å²) in [5.74, 6) is 4.46. The molecule has 1 heterocycles. The van der Waals surface area contributed by atoms with Crippen molar-refractivity contribution in [1.82, 2.24) is 14.9 Å². The number of nitrogens with zero attached hydrogens (tertiary/aromatic N) is 2. The molecule has 1 aromatic heterocycles. The van der Waals surface area contributed by atoms with E-state index in [9.17, 15) is 4.79 Å². The predicted molar refractivity (Wildman–Crippen MR) is 143 cm³/mol. The smallest absolute Gasteiger partial charge is 0.226 e. The van der Waals surface area contributed by atoms with Crippen LogP contribution in [-0.2, 0) is 17.8 Å². The maximum absolute atomic E-state index is 13.4. The molecule has 0 unspecified atom stereocenters. The minimum atomic E-state index is -0.0996. The third-order valence-electron chi connectivity index (χ3n) is 8.88. The Hall–Kier alpha value is -2.53. The van der Waals surface area contributed by atoms with Gasteiger partial charge < -0.3 is 14.6 Å². The molecule has 0 aliphatic heterocycles. The molecule has 5 nitrogen and oxygen atoms in total. The van der Waals surface area contributed by atoms with Gasteiger partial charge in [0.15, 0.2) is 0 Å². The van der Waals surface area contributed by atoms with Crippen LogP contribution in [0.4, 0.5) is 0 Å². The summed E-state index contributed by atoms with van der Waals surface area (Å²) >= 11 is 6.31. The lowest BCUT2D eigenvalue weighted by molar-refractivity contribution is -0.146. The molecule has 4 saturated carbocycles. The van der Waals surface area contributed by atoms with Crippen LogP contribution in [0.25, 0.3) is 11.0 Å². The van der Waals surface area contributed by atoms with Gasteiger partial charge in [-0.05, 0) is 106 Å². The van der Waals surface area contributed by atoms with Crippen molar-refractivity contribution in [2.24, 2.45) is 23.2 Å². The van der Waals surface area contributed by atoms with Crippen molar-refractivity contribution < 1.29 is 9.53 Å². The number of fused-ring (bicyclic) bond motifs is 1. The molecule has 190 valence electrons. The molecule has 2 aromatic carbocycles. The number of para-hydroxylation sites is 2. The fourth-order valence-electron chi connectivity index (χ4n) is 7.67. The van der Waals surface area contributed by atoms with Gasteiger partial charge in [0.25, 0.3) is 0 Å². The summed E-state index contributed by atoms with van der Waals surface area (Å²) < 4.78 is 8.34. The molecule has 7 rings (SSSR count). The number of imidazole rings is 1. The van der Waals surface area contributed by atoms with E-state index in [4.69, 9.17) is 21.3 Å². The number of benzene rings is 2. The minimum absolute atomic E-state index is 0.0996. The highest BCUT2D eigenvalue weighted by molar-refractivity contribution is 6.32. The quantitative estimate of drug-likeness (QED) is 0.393. The lowest BCUT2D eigenvalue weighted by Gasteiger charge is -2.55. The molecule has 0 spiro atoms. The second-order valence-corrected chi connectivity index (χ2v) is 12.0. The molecule has 4 fully saturated rings. The standard InChI is InChI=1S/C30H36ClN3O2/c1-19-11-24(12-20(2)28(19)31)36-10-9-34-26-6-4-3-5-25(26)33-27(34)7-8-32-29(35)30-16-21-13-22(17-30)15-23(14-21)18-30/h3-6,11-12,21-23H,7-10,13-18H2,1-2H3,(H,32,35). The van der Waals surface area contributed by atoms with Gasteiger partial charge in [0.2, 0.25) is 5.91 Å². The molecule has 0 radical (unpaired) electrons. The summed E-state index contributed by atoms with van der Waals surface area (Å²) in [6, 6.07) is 12.2. The minimum Gasteiger partial charge on any atom is -0.492 e. The number of hydrogen-bond donors (Lipinski definition) is 1. The Morgan fingerprint density at radius 3 is 2.39 bits per heavy atom. The van der Waals surface area contributed by atoms with E-state index in [2.05, 4.69) is 22.0 Å². The molecule has 1 N–H and O–H groups in total. The summed E-state index contributed by atoms with van der Waals surface area (Å²) in [6.07, 6.45) is 8.08. The summed E-state index contributed by atoms with van der Waals surface area (Å²) in [5.41, 5.74) is 4.04. The molecule has 3 aromatic rings. The Bertz CT molecular complexity index is 1240. The Labute approximate surface area is 218 Å². The maximum atomic E-state index is 13.4. The Morgan fingerprint density at radius 2 is 1.72 bits per heavy atom. The Kier molecular flexibility index (Phi) is 6.23. The lowest BCUT2D eigenvalue weighted by atomic mass is 9.49. The van der Waals surface area contributed by atoms with Gasteiger partial charge in [0.1, 0.15) is 18.2 Å². The number of halogens is 1. The van der Waals surface area contributed by atoms with E-state index in [-0.39, 0.29) is 5.41 Å². The number of aromatic nitrogens is 2. The first-order valence-electron chi connectivity index (χ1n) is 13.5. The summed E-state index contributed by atoms with van der Waals surface area (Å²) in [5, 5.41) is 4.12. The van der Waals surface area contributed by atoms with Crippen molar-refractivity contribution >= 4 is 28.5 Å². The zero-order valence-electron chi connectivity index (χ0n) is 21.4. The molecule has 6 heteroatoms. The predicted octanol–water partition coefficient (Wildman–Crippen LogP) is 6.26. The average molecular weight is 506 g/mol. The summed E-state index contributed by atoms with van der Waals surface area (Å²) in [7, 11) is 0. The van der Waals surface area contributed by atoms with Crippen LogP contribution in [0.15, 0.2) is 36.4 Å². The topological polar surface area (TPSA) is 56.1 Å². The van der Waals surface area contributed by atoms with Crippen molar-refractivity contribution in [2.45, 2.75) is 65.3 Å². The zero-order valence-corrected chi connectivity index (χ0v) is 22.1. The fraction of sp³-hybridized carbons (Fsp3) is 0.533. The van der Waals surface area contributed by atoms with Crippen molar-refractivity contribution in [3.8, 4) is 5.75 Å². The average Bonchev–Trinajstić information content (AvgIpc) is 3.19. The van der Waals surface area contributed by atoms with Crippen molar-refractivity contribution in [3.05, 3.63) is 58.4 Å². The van der Waals surface area contributed by atoms with Gasteiger partial charge in [-0.2, -0.15) is 0 Å². The Morgan fingerprint density at radius 1 is 1.08 bits per heavy atom. The van der Waals surface area contributed by atoms with Gasteiger partial charge in [-0.15, -0.1) is 0 Å². The normalized spacial score (nSPS) is 26.5.